The largest absolute Gasteiger partial charge is 3.00 e. The van der Waals surface area contributed by atoms with E-state index in [0.29, 0.717) is 0 Å². The molecule has 6 heteroatoms. The maximum Gasteiger partial charge on any atom is 3.00 e. The zero-order valence-corrected chi connectivity index (χ0v) is 5.46. The summed E-state index contributed by atoms with van der Waals surface area (Å²) in [6.07, 6.45) is 0. The van der Waals surface area contributed by atoms with Gasteiger partial charge in [0, 0.05) is 9.17 Å². The minimum Gasteiger partial charge on any atom is -0.672 e. The second-order valence-corrected chi connectivity index (χ2v) is 0.750. The molecule has 0 aliphatic heterocycles. The van der Waals surface area contributed by atoms with Crippen molar-refractivity contribution in [3.8, 4) is 0 Å². The van der Waals surface area contributed by atoms with E-state index in [1.54, 1.807) is 0 Å². The van der Waals surface area contributed by atoms with Gasteiger partial charge in [0.2, 0.25) is 0 Å². The maximum atomic E-state index is 8.52. The van der Waals surface area contributed by atoms with Crippen LogP contribution in [-0.4, -0.2) is 26.5 Å². The molecule has 0 aromatic rings. The average molecular weight is 110 g/mol. The van der Waals surface area contributed by atoms with E-state index < -0.39 is 9.17 Å². The van der Waals surface area contributed by atoms with E-state index in [0.717, 1.165) is 0 Å². The van der Waals surface area contributed by atoms with Crippen LogP contribution >= 0.6 is 0 Å². The van der Waals surface area contributed by atoms with Crippen molar-refractivity contribution in [1.29, 1.82) is 0 Å². The molecule has 0 aromatic heterocycles. The second-order valence-electron chi connectivity index (χ2n) is 0.250. The first-order chi connectivity index (χ1) is 1.73. The van der Waals surface area contributed by atoms with Crippen LogP contribution in [0, 0.1) is 0 Å². The monoisotopic (exact) mass is 110 g/mol. The van der Waals surface area contributed by atoms with E-state index in [2.05, 4.69) is 0 Å². The quantitative estimate of drug-likeness (QED) is 0.291. The Morgan fingerprint density at radius 1 is 1.33 bits per heavy atom. The first-order valence-electron chi connectivity index (χ1n) is 0.612. The summed E-state index contributed by atoms with van der Waals surface area (Å²) < 4.78 is 8.52. The van der Waals surface area contributed by atoms with Gasteiger partial charge >= 0.3 is 36.2 Å². The summed E-state index contributed by atoms with van der Waals surface area (Å²) in [6, 6.07) is 0. The van der Waals surface area contributed by atoms with Gasteiger partial charge in [-0.05, 0) is 0 Å². The van der Waals surface area contributed by atoms with E-state index in [1.165, 1.54) is 0 Å². The fourth-order valence-corrected chi connectivity index (χ4v) is 0. The SMILES string of the molecule is O=[Si]([O-])[O-].[Al+3].[Li+]. The van der Waals surface area contributed by atoms with Crippen LogP contribution in [0.4, 0.5) is 0 Å². The Morgan fingerprint density at radius 3 is 1.33 bits per heavy atom. The van der Waals surface area contributed by atoms with Crippen LogP contribution in [0.25, 0.3) is 0 Å². The number of hydrogen-bond acceptors (Lipinski definition) is 3. The molecule has 0 atom stereocenters. The zero-order valence-electron chi connectivity index (χ0n) is 3.30. The van der Waals surface area contributed by atoms with E-state index in [9.17, 15) is 0 Å². The number of hydrogen-bond donors (Lipinski definition) is 0. The van der Waals surface area contributed by atoms with Gasteiger partial charge in [-0.1, -0.05) is 0 Å². The zero-order chi connectivity index (χ0) is 3.58. The molecule has 24 valence electrons. The van der Waals surface area contributed by atoms with E-state index in [4.69, 9.17) is 14.1 Å². The van der Waals surface area contributed by atoms with Crippen molar-refractivity contribution in [3.63, 3.8) is 0 Å². The molecule has 0 heterocycles. The van der Waals surface area contributed by atoms with Crippen molar-refractivity contribution in [2.75, 3.05) is 0 Å². The molecule has 0 aliphatic carbocycles. The molecule has 0 aromatic carbocycles. The molecule has 0 radical (unpaired) electrons. The van der Waals surface area contributed by atoms with E-state index >= 15 is 0 Å². The van der Waals surface area contributed by atoms with Crippen molar-refractivity contribution in [1.82, 2.24) is 0 Å². The topological polar surface area (TPSA) is 63.2 Å². The van der Waals surface area contributed by atoms with Gasteiger partial charge in [-0.25, -0.2) is 0 Å². The Morgan fingerprint density at radius 2 is 1.33 bits per heavy atom. The van der Waals surface area contributed by atoms with Crippen molar-refractivity contribution >= 4 is 26.5 Å². The molecular formula is AlLiO3Si+2. The predicted molar refractivity (Wildman–Crippen MR) is 12.2 cm³/mol. The molecule has 0 N–H and O–H groups in total. The minimum atomic E-state index is -3.63. The van der Waals surface area contributed by atoms with Crippen LogP contribution < -0.4 is 28.5 Å². The molecule has 0 aliphatic rings. The molecule has 0 saturated heterocycles. The van der Waals surface area contributed by atoms with Gasteiger partial charge in [-0.2, -0.15) is 0 Å². The fraction of sp³-hybridized carbons (Fsp3) is 0. The molecule has 0 amide bonds. The van der Waals surface area contributed by atoms with Gasteiger partial charge in [0.15, 0.2) is 0 Å². The Hall–Kier alpha value is 0.747. The second kappa shape index (κ2) is 9.22. The fourth-order valence-electron chi connectivity index (χ4n) is 0. The predicted octanol–water partition coefficient (Wildman–Crippen LogP) is -6.25. The molecule has 0 bridgehead atoms. The third-order valence-electron chi connectivity index (χ3n) is 0. The minimum absolute atomic E-state index is 0. The molecule has 0 unspecified atom stereocenters. The van der Waals surface area contributed by atoms with Crippen molar-refractivity contribution in [2.24, 2.45) is 0 Å². The third-order valence-corrected chi connectivity index (χ3v) is 0. The average Bonchev–Trinajstić information content (AvgIpc) is 0.811. The Balaban J connectivity index is -0.0000000450. The van der Waals surface area contributed by atoms with Crippen LogP contribution in [0.15, 0.2) is 0 Å². The summed E-state index contributed by atoms with van der Waals surface area (Å²) in [5, 5.41) is 0. The van der Waals surface area contributed by atoms with Gasteiger partial charge in [0.25, 0.3) is 0 Å². The van der Waals surface area contributed by atoms with E-state index in [-0.39, 0.29) is 36.2 Å². The van der Waals surface area contributed by atoms with Crippen molar-refractivity contribution in [3.05, 3.63) is 0 Å². The van der Waals surface area contributed by atoms with Gasteiger partial charge in [0.1, 0.15) is 0 Å². The summed E-state index contributed by atoms with van der Waals surface area (Å²) in [4.78, 5) is 17.0. The van der Waals surface area contributed by atoms with Crippen molar-refractivity contribution in [2.45, 2.75) is 0 Å². The molecule has 0 saturated carbocycles. The summed E-state index contributed by atoms with van der Waals surface area (Å²) in [7, 11) is -3.63. The Kier molecular flexibility index (Phi) is 24.4. The van der Waals surface area contributed by atoms with Gasteiger partial charge in [-0.3, -0.25) is 0 Å². The summed E-state index contributed by atoms with van der Waals surface area (Å²) in [6.45, 7) is 0. The third kappa shape index (κ3) is 119. The molecule has 3 nitrogen and oxygen atoms in total. The normalized spacial score (nSPS) is 4.00. The van der Waals surface area contributed by atoms with Gasteiger partial charge in [-0.15, -0.1) is 0 Å². The molecule has 0 spiro atoms. The first-order valence-corrected chi connectivity index (χ1v) is 1.84. The molecule has 0 fully saturated rings. The van der Waals surface area contributed by atoms with Crippen LogP contribution in [-0.2, 0) is 4.46 Å². The van der Waals surface area contributed by atoms with Gasteiger partial charge in [0.05, 0.1) is 0 Å². The van der Waals surface area contributed by atoms with Crippen molar-refractivity contribution < 1.29 is 32.9 Å². The Bertz CT molecular complexity index is 33.8. The number of rotatable bonds is 0. The molecule has 6 heavy (non-hydrogen) atoms. The molecular weight excluding hydrogens is 110 g/mol. The summed E-state index contributed by atoms with van der Waals surface area (Å²) >= 11 is 0. The first kappa shape index (κ1) is 15.9. The van der Waals surface area contributed by atoms with Crippen LogP contribution in [0.1, 0.15) is 0 Å². The van der Waals surface area contributed by atoms with E-state index in [1.807, 2.05) is 0 Å². The van der Waals surface area contributed by atoms with Crippen LogP contribution in [0.5, 0.6) is 0 Å². The summed E-state index contributed by atoms with van der Waals surface area (Å²) in [5.41, 5.74) is 0. The van der Waals surface area contributed by atoms with Gasteiger partial charge < -0.3 is 14.1 Å². The maximum absolute atomic E-state index is 8.52. The smallest absolute Gasteiger partial charge is 0.672 e. The Labute approximate surface area is 59.6 Å². The molecule has 0 rings (SSSR count). The standard InChI is InChI=1S/Al.Li.O3Si/c;;1-4(2)3/q+3;+1;-2. The summed E-state index contributed by atoms with van der Waals surface area (Å²) in [5.74, 6) is 0. The van der Waals surface area contributed by atoms with Crippen LogP contribution in [0.2, 0.25) is 0 Å². The van der Waals surface area contributed by atoms with Crippen LogP contribution in [0.3, 0.4) is 0 Å².